The van der Waals surface area contributed by atoms with E-state index in [0.29, 0.717) is 38.1 Å². The standard InChI is InChI=1S/C32H40N4O6/c1-21-18-36(19-22(2)42-21)30(39)26-13-14-28(37)34-32(15-16-32)31(40)35(3)24(17-23-9-5-4-6-10-23)20-41-27-12-8-7-11-25(27)29(38)33-26/h4-12,21-22,24,26H,13-20H2,1-3H3,(H,33,38)(H,34,37)/t21-,22+,24-,26-/m0/s1. The van der Waals surface area contributed by atoms with Gasteiger partial charge >= 0.3 is 0 Å². The molecule has 0 bridgehead atoms. The number of hydrogen-bond acceptors (Lipinski definition) is 6. The number of nitrogens with one attached hydrogen (secondary N) is 2. The Hall–Kier alpha value is -3.92. The maximum atomic E-state index is 13.8. The van der Waals surface area contributed by atoms with Gasteiger partial charge in [-0.3, -0.25) is 19.2 Å². The molecule has 1 spiro atoms. The van der Waals surface area contributed by atoms with Crippen molar-refractivity contribution in [3.05, 3.63) is 65.7 Å². The van der Waals surface area contributed by atoms with Crippen molar-refractivity contribution in [2.75, 3.05) is 26.7 Å². The molecule has 10 heteroatoms. The van der Waals surface area contributed by atoms with E-state index in [1.165, 1.54) is 0 Å². The largest absolute Gasteiger partial charge is 0.491 e. The van der Waals surface area contributed by atoms with Crippen molar-refractivity contribution in [2.24, 2.45) is 0 Å². The van der Waals surface area contributed by atoms with Crippen molar-refractivity contribution in [1.29, 1.82) is 0 Å². The number of para-hydroxylation sites is 1. The monoisotopic (exact) mass is 576 g/mol. The third-order valence-corrected chi connectivity index (χ3v) is 8.28. The Labute approximate surface area is 246 Å². The molecule has 0 aromatic heterocycles. The first-order valence-corrected chi connectivity index (χ1v) is 14.7. The van der Waals surface area contributed by atoms with Gasteiger partial charge in [-0.1, -0.05) is 42.5 Å². The highest BCUT2D eigenvalue weighted by Gasteiger charge is 2.53. The average molecular weight is 577 g/mol. The zero-order valence-electron chi connectivity index (χ0n) is 24.5. The molecule has 4 amide bonds. The minimum atomic E-state index is -0.962. The lowest BCUT2D eigenvalue weighted by molar-refractivity contribution is -0.145. The first kappa shape index (κ1) is 29.6. The van der Waals surface area contributed by atoms with Crippen molar-refractivity contribution in [1.82, 2.24) is 20.4 Å². The number of carbonyl (C=O) groups excluding carboxylic acids is 4. The van der Waals surface area contributed by atoms with Gasteiger partial charge in [0.2, 0.25) is 17.7 Å². The van der Waals surface area contributed by atoms with Gasteiger partial charge in [0.25, 0.3) is 5.91 Å². The zero-order valence-corrected chi connectivity index (χ0v) is 24.5. The number of likely N-dealkylation sites (N-methyl/N-ethyl adjacent to an activating group) is 1. The fourth-order valence-electron chi connectivity index (χ4n) is 5.86. The number of morpholine rings is 1. The van der Waals surface area contributed by atoms with Crippen LogP contribution in [0.25, 0.3) is 0 Å². The predicted molar refractivity (Wildman–Crippen MR) is 156 cm³/mol. The second-order valence-electron chi connectivity index (χ2n) is 11.8. The topological polar surface area (TPSA) is 117 Å². The number of rotatable bonds is 3. The summed E-state index contributed by atoms with van der Waals surface area (Å²) < 4.78 is 12.0. The molecule has 0 unspecified atom stereocenters. The van der Waals surface area contributed by atoms with Gasteiger partial charge in [-0.2, -0.15) is 0 Å². The highest BCUT2D eigenvalue weighted by atomic mass is 16.5. The van der Waals surface area contributed by atoms with Crippen molar-refractivity contribution in [3.63, 3.8) is 0 Å². The fourth-order valence-corrected chi connectivity index (χ4v) is 5.86. The van der Waals surface area contributed by atoms with Gasteiger partial charge < -0.3 is 29.9 Å². The van der Waals surface area contributed by atoms with Crippen molar-refractivity contribution < 1.29 is 28.7 Å². The Balaban J connectivity index is 1.44. The molecule has 1 saturated carbocycles. The SMILES string of the molecule is C[C@@H]1CN(C(=O)[C@@H]2CCC(=O)NC3(CC3)C(=O)N(C)[C@@H](Cc3ccccc3)COc3ccccc3C(=O)N2)C[C@H](C)O1. The van der Waals surface area contributed by atoms with Gasteiger partial charge in [0.15, 0.2) is 0 Å². The quantitative estimate of drug-likeness (QED) is 0.579. The molecule has 2 heterocycles. The molecule has 2 aromatic carbocycles. The van der Waals surface area contributed by atoms with Crippen LogP contribution < -0.4 is 15.4 Å². The van der Waals surface area contributed by atoms with Gasteiger partial charge in [-0.15, -0.1) is 0 Å². The van der Waals surface area contributed by atoms with E-state index in [2.05, 4.69) is 10.6 Å². The predicted octanol–water partition coefficient (Wildman–Crippen LogP) is 2.31. The number of ether oxygens (including phenoxy) is 2. The second-order valence-corrected chi connectivity index (χ2v) is 11.8. The summed E-state index contributed by atoms with van der Waals surface area (Å²) in [5.41, 5.74) is 0.359. The van der Waals surface area contributed by atoms with Crippen molar-refractivity contribution in [3.8, 4) is 5.75 Å². The Kier molecular flexibility index (Phi) is 8.82. The van der Waals surface area contributed by atoms with E-state index in [-0.39, 0.29) is 61.0 Å². The highest BCUT2D eigenvalue weighted by molar-refractivity contribution is 6.00. The first-order valence-electron chi connectivity index (χ1n) is 14.7. The molecule has 1 saturated heterocycles. The lowest BCUT2D eigenvalue weighted by Crippen LogP contribution is -2.55. The third-order valence-electron chi connectivity index (χ3n) is 8.28. The average Bonchev–Trinajstić information content (AvgIpc) is 3.76. The lowest BCUT2D eigenvalue weighted by Gasteiger charge is -2.37. The summed E-state index contributed by atoms with van der Waals surface area (Å²) in [5, 5.41) is 5.84. The molecule has 2 fully saturated rings. The molecule has 0 radical (unpaired) electrons. The fraction of sp³-hybridized carbons (Fsp3) is 0.500. The molecule has 2 aliphatic heterocycles. The molecule has 4 atom stereocenters. The summed E-state index contributed by atoms with van der Waals surface area (Å²) in [5.74, 6) is -0.853. The molecule has 5 rings (SSSR count). The van der Waals surface area contributed by atoms with Crippen molar-refractivity contribution >= 4 is 23.6 Å². The highest BCUT2D eigenvalue weighted by Crippen LogP contribution is 2.38. The van der Waals surface area contributed by atoms with E-state index < -0.39 is 17.5 Å². The minimum Gasteiger partial charge on any atom is -0.491 e. The van der Waals surface area contributed by atoms with E-state index in [4.69, 9.17) is 9.47 Å². The van der Waals surface area contributed by atoms with Crippen LogP contribution in [0.4, 0.5) is 0 Å². The number of benzene rings is 2. The number of amides is 4. The second kappa shape index (κ2) is 12.5. The smallest absolute Gasteiger partial charge is 0.255 e. The summed E-state index contributed by atoms with van der Waals surface area (Å²) >= 11 is 0. The summed E-state index contributed by atoms with van der Waals surface area (Å²) in [6, 6.07) is 15.4. The maximum Gasteiger partial charge on any atom is 0.255 e. The van der Waals surface area contributed by atoms with Crippen LogP contribution in [0, 0.1) is 0 Å². The van der Waals surface area contributed by atoms with Crippen LogP contribution in [0.3, 0.4) is 0 Å². The molecule has 2 aromatic rings. The normalized spacial score (nSPS) is 26.7. The minimum absolute atomic E-state index is 0.0174. The number of carbonyl (C=O) groups is 4. The summed E-state index contributed by atoms with van der Waals surface area (Å²) in [4.78, 5) is 57.6. The van der Waals surface area contributed by atoms with Crippen LogP contribution in [0.1, 0.15) is 55.5 Å². The maximum absolute atomic E-state index is 13.8. The van der Waals surface area contributed by atoms with Gasteiger partial charge in [-0.25, -0.2) is 0 Å². The van der Waals surface area contributed by atoms with Gasteiger partial charge in [0.1, 0.15) is 23.9 Å². The molecule has 2 N–H and O–H groups in total. The number of hydrogen-bond donors (Lipinski definition) is 2. The molecular formula is C32H40N4O6. The first-order chi connectivity index (χ1) is 20.1. The summed E-state index contributed by atoms with van der Waals surface area (Å²) in [7, 11) is 1.74. The van der Waals surface area contributed by atoms with E-state index in [1.54, 1.807) is 41.1 Å². The molecular weight excluding hydrogens is 536 g/mol. The molecule has 3 aliphatic rings. The van der Waals surface area contributed by atoms with Crippen LogP contribution in [0.5, 0.6) is 5.75 Å². The van der Waals surface area contributed by atoms with Crippen LogP contribution >= 0.6 is 0 Å². The van der Waals surface area contributed by atoms with Crippen molar-refractivity contribution in [2.45, 2.75) is 75.8 Å². The van der Waals surface area contributed by atoms with E-state index in [0.717, 1.165) is 5.56 Å². The van der Waals surface area contributed by atoms with E-state index in [1.807, 2.05) is 44.2 Å². The van der Waals surface area contributed by atoms with E-state index in [9.17, 15) is 19.2 Å². The molecule has 224 valence electrons. The molecule has 10 nitrogen and oxygen atoms in total. The molecule has 42 heavy (non-hydrogen) atoms. The lowest BCUT2D eigenvalue weighted by atomic mass is 10.0. The zero-order chi connectivity index (χ0) is 29.9. The Bertz CT molecular complexity index is 1300. The van der Waals surface area contributed by atoms with Gasteiger partial charge in [0.05, 0.1) is 23.8 Å². The van der Waals surface area contributed by atoms with Crippen LogP contribution in [-0.4, -0.2) is 90.0 Å². The Morgan fingerprint density at radius 1 is 0.976 bits per heavy atom. The number of fused-ring (bicyclic) bond motifs is 1. The van der Waals surface area contributed by atoms with Crippen LogP contribution in [-0.2, 0) is 25.5 Å². The Morgan fingerprint density at radius 3 is 2.33 bits per heavy atom. The number of nitrogens with zero attached hydrogens (tertiary/aromatic N) is 2. The molecule has 1 aliphatic carbocycles. The summed E-state index contributed by atoms with van der Waals surface area (Å²) in [6.07, 6.45) is 1.42. The van der Waals surface area contributed by atoms with Crippen LogP contribution in [0.2, 0.25) is 0 Å². The summed E-state index contributed by atoms with van der Waals surface area (Å²) in [6.45, 7) is 4.74. The van der Waals surface area contributed by atoms with Gasteiger partial charge in [-0.05, 0) is 57.2 Å². The van der Waals surface area contributed by atoms with Gasteiger partial charge in [0, 0.05) is 26.6 Å². The van der Waals surface area contributed by atoms with E-state index >= 15 is 0 Å². The van der Waals surface area contributed by atoms with Crippen LogP contribution in [0.15, 0.2) is 54.6 Å². The Morgan fingerprint density at radius 2 is 1.64 bits per heavy atom. The third kappa shape index (κ3) is 6.75.